The summed E-state index contributed by atoms with van der Waals surface area (Å²) in [7, 11) is 0. The number of hydrogen-bond donors (Lipinski definition) is 1. The maximum Gasteiger partial charge on any atom is 0.0408 e. The van der Waals surface area contributed by atoms with E-state index in [0.29, 0.717) is 0 Å². The minimum absolute atomic E-state index is 0.255. The molecular weight excluding hydrogens is 401 g/mol. The summed E-state index contributed by atoms with van der Waals surface area (Å²) in [6.45, 7) is 3.04. The first-order chi connectivity index (χ1) is 9.60. The van der Waals surface area contributed by atoms with E-state index in [0.717, 1.165) is 26.9 Å². The molecule has 1 nitrogen and oxygen atoms in total. The van der Waals surface area contributed by atoms with Crippen LogP contribution in [0.1, 0.15) is 24.1 Å². The molecular formula is C16H16Br2ClN. The van der Waals surface area contributed by atoms with Crippen molar-refractivity contribution in [3.05, 3.63) is 67.6 Å². The molecule has 106 valence electrons. The summed E-state index contributed by atoms with van der Waals surface area (Å²) in [5, 5.41) is 4.32. The molecule has 0 aromatic heterocycles. The highest BCUT2D eigenvalue weighted by atomic mass is 79.9. The molecule has 20 heavy (non-hydrogen) atoms. The number of likely N-dealkylation sites (N-methyl/N-ethyl adjacent to an activating group) is 1. The molecule has 0 heterocycles. The summed E-state index contributed by atoms with van der Waals surface area (Å²) in [6.07, 6.45) is 0.906. The Morgan fingerprint density at radius 1 is 1.15 bits per heavy atom. The maximum absolute atomic E-state index is 6.07. The second-order valence-corrected chi connectivity index (χ2v) is 6.82. The smallest absolute Gasteiger partial charge is 0.0408 e. The predicted molar refractivity (Wildman–Crippen MR) is 93.4 cm³/mol. The third-order valence-corrected chi connectivity index (χ3v) is 4.56. The molecule has 0 amide bonds. The Kier molecular flexibility index (Phi) is 6.09. The van der Waals surface area contributed by atoms with E-state index >= 15 is 0 Å². The fourth-order valence-electron chi connectivity index (χ4n) is 2.22. The van der Waals surface area contributed by atoms with Crippen molar-refractivity contribution in [1.82, 2.24) is 5.32 Å². The largest absolute Gasteiger partial charge is 0.310 e. The van der Waals surface area contributed by atoms with E-state index < -0.39 is 0 Å². The minimum atomic E-state index is 0.255. The molecule has 0 bridgehead atoms. The molecule has 0 aliphatic carbocycles. The van der Waals surface area contributed by atoms with E-state index in [1.165, 1.54) is 11.1 Å². The molecule has 2 aromatic rings. The summed E-state index contributed by atoms with van der Waals surface area (Å²) < 4.78 is 2.21. The van der Waals surface area contributed by atoms with Gasteiger partial charge in [0.15, 0.2) is 0 Å². The molecule has 0 fully saturated rings. The summed E-state index contributed by atoms with van der Waals surface area (Å²) in [5.74, 6) is 0. The molecule has 2 aromatic carbocycles. The molecule has 0 saturated heterocycles. The molecule has 2 rings (SSSR count). The molecule has 0 saturated carbocycles. The summed E-state index contributed by atoms with van der Waals surface area (Å²) in [5.41, 5.74) is 2.48. The van der Waals surface area contributed by atoms with E-state index in [-0.39, 0.29) is 6.04 Å². The van der Waals surface area contributed by atoms with Gasteiger partial charge in [0.05, 0.1) is 0 Å². The van der Waals surface area contributed by atoms with Crippen molar-refractivity contribution in [2.45, 2.75) is 19.4 Å². The van der Waals surface area contributed by atoms with E-state index in [4.69, 9.17) is 11.6 Å². The van der Waals surface area contributed by atoms with Gasteiger partial charge in [0, 0.05) is 20.0 Å². The molecule has 1 unspecified atom stereocenters. The van der Waals surface area contributed by atoms with Gasteiger partial charge in [-0.3, -0.25) is 0 Å². The quantitative estimate of drug-likeness (QED) is 0.652. The van der Waals surface area contributed by atoms with Crippen LogP contribution < -0.4 is 5.32 Å². The van der Waals surface area contributed by atoms with Crippen LogP contribution in [0, 0.1) is 0 Å². The van der Waals surface area contributed by atoms with Crippen LogP contribution in [0.5, 0.6) is 0 Å². The van der Waals surface area contributed by atoms with Crippen molar-refractivity contribution in [1.29, 1.82) is 0 Å². The van der Waals surface area contributed by atoms with Crippen LogP contribution in [-0.4, -0.2) is 6.54 Å². The second kappa shape index (κ2) is 7.60. The van der Waals surface area contributed by atoms with Crippen LogP contribution >= 0.6 is 43.5 Å². The predicted octanol–water partition coefficient (Wildman–Crippen LogP) is 5.76. The fourth-order valence-corrected chi connectivity index (χ4v) is 3.33. The SMILES string of the molecule is CCNC(Cc1cccc(Cl)c1)c1cc(Br)ccc1Br. The standard InChI is InChI=1S/C16H16Br2ClN/c1-2-20-16(9-11-4-3-5-13(19)8-11)14-10-12(17)6-7-15(14)18/h3-8,10,16,20H,2,9H2,1H3. The lowest BCUT2D eigenvalue weighted by atomic mass is 9.99. The first kappa shape index (κ1) is 16.0. The number of halogens is 3. The van der Waals surface area contributed by atoms with Gasteiger partial charge < -0.3 is 5.32 Å². The van der Waals surface area contributed by atoms with Gasteiger partial charge in [-0.1, -0.05) is 62.5 Å². The van der Waals surface area contributed by atoms with E-state index in [9.17, 15) is 0 Å². The van der Waals surface area contributed by atoms with Crippen molar-refractivity contribution in [3.8, 4) is 0 Å². The maximum atomic E-state index is 6.07. The lowest BCUT2D eigenvalue weighted by molar-refractivity contribution is 0.548. The van der Waals surface area contributed by atoms with Crippen molar-refractivity contribution in [2.75, 3.05) is 6.54 Å². The highest BCUT2D eigenvalue weighted by Gasteiger charge is 2.15. The lowest BCUT2D eigenvalue weighted by Gasteiger charge is -2.20. The molecule has 0 spiro atoms. The zero-order chi connectivity index (χ0) is 14.5. The molecule has 1 atom stereocenters. The van der Waals surface area contributed by atoms with Gasteiger partial charge in [0.1, 0.15) is 0 Å². The Bertz CT molecular complexity index is 586. The number of benzene rings is 2. The van der Waals surface area contributed by atoms with E-state index in [2.05, 4.69) is 62.3 Å². The molecule has 4 heteroatoms. The van der Waals surface area contributed by atoms with Gasteiger partial charge >= 0.3 is 0 Å². The molecule has 0 aliphatic rings. The van der Waals surface area contributed by atoms with Crippen LogP contribution in [-0.2, 0) is 6.42 Å². The Morgan fingerprint density at radius 2 is 1.95 bits per heavy atom. The van der Waals surface area contributed by atoms with Crippen LogP contribution in [0.3, 0.4) is 0 Å². The van der Waals surface area contributed by atoms with Gasteiger partial charge in [-0.05, 0) is 54.4 Å². The minimum Gasteiger partial charge on any atom is -0.310 e. The lowest BCUT2D eigenvalue weighted by Crippen LogP contribution is -2.23. The fraction of sp³-hybridized carbons (Fsp3) is 0.250. The number of nitrogens with one attached hydrogen (secondary N) is 1. The van der Waals surface area contributed by atoms with Crippen molar-refractivity contribution in [2.24, 2.45) is 0 Å². The van der Waals surface area contributed by atoms with E-state index in [1.54, 1.807) is 0 Å². The van der Waals surface area contributed by atoms with Crippen molar-refractivity contribution in [3.63, 3.8) is 0 Å². The Hall–Kier alpha value is -0.350. The normalized spacial score (nSPS) is 12.4. The average molecular weight is 418 g/mol. The van der Waals surface area contributed by atoms with Crippen LogP contribution in [0.15, 0.2) is 51.4 Å². The highest BCUT2D eigenvalue weighted by Crippen LogP contribution is 2.29. The van der Waals surface area contributed by atoms with Gasteiger partial charge in [-0.25, -0.2) is 0 Å². The third kappa shape index (κ3) is 4.32. The van der Waals surface area contributed by atoms with Gasteiger partial charge in [0.25, 0.3) is 0 Å². The summed E-state index contributed by atoms with van der Waals surface area (Å²) in [6, 6.07) is 14.6. The molecule has 1 N–H and O–H groups in total. The summed E-state index contributed by atoms with van der Waals surface area (Å²) in [4.78, 5) is 0. The highest BCUT2D eigenvalue weighted by molar-refractivity contribution is 9.11. The zero-order valence-corrected chi connectivity index (χ0v) is 15.1. The zero-order valence-electron chi connectivity index (χ0n) is 11.2. The van der Waals surface area contributed by atoms with Crippen molar-refractivity contribution < 1.29 is 0 Å². The topological polar surface area (TPSA) is 12.0 Å². The average Bonchev–Trinajstić information content (AvgIpc) is 2.41. The monoisotopic (exact) mass is 415 g/mol. The molecule has 0 radical (unpaired) electrons. The third-order valence-electron chi connectivity index (χ3n) is 3.11. The number of hydrogen-bond acceptors (Lipinski definition) is 1. The Labute approximate surface area is 142 Å². The Morgan fingerprint density at radius 3 is 2.65 bits per heavy atom. The summed E-state index contributed by atoms with van der Waals surface area (Å²) >= 11 is 13.3. The second-order valence-electron chi connectivity index (χ2n) is 4.61. The first-order valence-corrected chi connectivity index (χ1v) is 8.49. The van der Waals surface area contributed by atoms with Crippen molar-refractivity contribution >= 4 is 43.5 Å². The Balaban J connectivity index is 2.29. The van der Waals surface area contributed by atoms with Gasteiger partial charge in [0.2, 0.25) is 0 Å². The first-order valence-electron chi connectivity index (χ1n) is 6.53. The molecule has 0 aliphatic heterocycles. The van der Waals surface area contributed by atoms with E-state index in [1.807, 2.05) is 24.3 Å². The van der Waals surface area contributed by atoms with Gasteiger partial charge in [-0.15, -0.1) is 0 Å². The van der Waals surface area contributed by atoms with Crippen LogP contribution in [0.2, 0.25) is 5.02 Å². The van der Waals surface area contributed by atoms with Crippen LogP contribution in [0.4, 0.5) is 0 Å². The van der Waals surface area contributed by atoms with Gasteiger partial charge in [-0.2, -0.15) is 0 Å². The van der Waals surface area contributed by atoms with Crippen LogP contribution in [0.25, 0.3) is 0 Å². The number of rotatable bonds is 5.